The first kappa shape index (κ1) is 58.2. The molecule has 0 bridgehead atoms. The number of Topliss-reactive ketones (excluding diaryl/α,β-unsaturated/α-hetero) is 1. The summed E-state index contributed by atoms with van der Waals surface area (Å²) >= 11 is 0. The maximum atomic E-state index is 12.7. The van der Waals surface area contributed by atoms with Gasteiger partial charge in [-0.1, -0.05) is 25.5 Å². The van der Waals surface area contributed by atoms with Gasteiger partial charge in [-0.05, 0) is 85.0 Å². The van der Waals surface area contributed by atoms with E-state index in [-0.39, 0.29) is 44.0 Å². The molecule has 9 aliphatic rings. The van der Waals surface area contributed by atoms with Crippen LogP contribution >= 0.6 is 0 Å². The van der Waals surface area contributed by atoms with E-state index in [1.54, 1.807) is 34.8 Å². The van der Waals surface area contributed by atoms with Crippen molar-refractivity contribution in [3.05, 3.63) is 11.6 Å². The van der Waals surface area contributed by atoms with Crippen molar-refractivity contribution in [1.29, 1.82) is 0 Å². The van der Waals surface area contributed by atoms with E-state index in [9.17, 15) is 50.8 Å². The van der Waals surface area contributed by atoms with Crippen LogP contribution in [-0.4, -0.2) is 225 Å². The molecule has 75 heavy (non-hydrogen) atoms. The Bertz CT molecular complexity index is 1970. The molecule has 22 heteroatoms. The summed E-state index contributed by atoms with van der Waals surface area (Å²) in [5.74, 6) is -0.999. The number of methoxy groups -OCH3 is 2. The molecule has 9 rings (SSSR count). The van der Waals surface area contributed by atoms with E-state index < -0.39 is 176 Å². The third-order valence-electron chi connectivity index (χ3n) is 19.5. The molecule has 0 aromatic rings. The van der Waals surface area contributed by atoms with E-state index in [0.29, 0.717) is 38.5 Å². The molecule has 0 radical (unpaired) electrons. The predicted molar refractivity (Wildman–Crippen MR) is 258 cm³/mol. The number of rotatable bonds is 14. The Labute approximate surface area is 439 Å². The summed E-state index contributed by atoms with van der Waals surface area (Å²) in [6.45, 7) is 11.9. The molecule has 5 aliphatic heterocycles. The average molecular weight is 1080 g/mol. The van der Waals surface area contributed by atoms with E-state index in [1.807, 2.05) is 6.92 Å². The monoisotopic (exact) mass is 1070 g/mol. The molecule has 430 valence electrons. The van der Waals surface area contributed by atoms with Gasteiger partial charge in [0, 0.05) is 57.2 Å². The number of ether oxygens (including phenoxy) is 12. The van der Waals surface area contributed by atoms with Crippen LogP contribution in [0.15, 0.2) is 11.6 Å². The van der Waals surface area contributed by atoms with Crippen LogP contribution in [0.3, 0.4) is 0 Å². The molecule has 0 unspecified atom stereocenters. The summed E-state index contributed by atoms with van der Waals surface area (Å²) in [5.41, 5.74) is -3.59. The number of hydrogen-bond acceptors (Lipinski definition) is 22. The van der Waals surface area contributed by atoms with E-state index >= 15 is 0 Å². The van der Waals surface area contributed by atoms with Gasteiger partial charge in [-0.25, -0.2) is 0 Å². The molecule has 29 atom stereocenters. The lowest BCUT2D eigenvalue weighted by Crippen LogP contribution is -2.75. The van der Waals surface area contributed by atoms with Gasteiger partial charge in [0.15, 0.2) is 31.5 Å². The second-order valence-corrected chi connectivity index (χ2v) is 23.7. The fourth-order valence-electron chi connectivity index (χ4n) is 15.1. The van der Waals surface area contributed by atoms with Crippen molar-refractivity contribution in [3.63, 3.8) is 0 Å². The molecule has 0 amide bonds. The van der Waals surface area contributed by atoms with Gasteiger partial charge in [0.05, 0.1) is 67.6 Å². The predicted octanol–water partition coefficient (Wildman–Crippen LogP) is 0.372. The van der Waals surface area contributed by atoms with Crippen LogP contribution in [0.5, 0.6) is 0 Å². The lowest BCUT2D eigenvalue weighted by molar-refractivity contribution is -0.357. The third-order valence-corrected chi connectivity index (χ3v) is 19.5. The van der Waals surface area contributed by atoms with Gasteiger partial charge in [0.2, 0.25) is 0 Å². The highest BCUT2D eigenvalue weighted by atomic mass is 16.8. The van der Waals surface area contributed by atoms with Crippen molar-refractivity contribution in [1.82, 2.24) is 0 Å². The van der Waals surface area contributed by atoms with Crippen molar-refractivity contribution < 1.29 is 108 Å². The smallest absolute Gasteiger partial charge is 0.187 e. The number of aliphatic hydroxyl groups is 9. The highest BCUT2D eigenvalue weighted by Crippen LogP contribution is 2.69. The third kappa shape index (κ3) is 10.4. The zero-order chi connectivity index (χ0) is 54.3. The summed E-state index contributed by atoms with van der Waals surface area (Å²) in [6, 6.07) is 0. The summed E-state index contributed by atoms with van der Waals surface area (Å²) in [5, 5.41) is 100. The Morgan fingerprint density at radius 3 is 1.67 bits per heavy atom. The fourth-order valence-corrected chi connectivity index (χ4v) is 15.1. The number of carbonyl (C=O) groups is 1. The Hall–Kier alpha value is -1.43. The zero-order valence-corrected chi connectivity index (χ0v) is 44.8. The fraction of sp³-hybridized carbons (Fsp3) is 0.943. The van der Waals surface area contributed by atoms with Crippen LogP contribution in [0, 0.1) is 22.7 Å². The van der Waals surface area contributed by atoms with E-state index in [1.165, 1.54) is 14.0 Å². The lowest BCUT2D eigenvalue weighted by atomic mass is 9.43. The zero-order valence-electron chi connectivity index (χ0n) is 44.8. The number of aliphatic hydroxyl groups excluding tert-OH is 7. The number of ketones is 1. The standard InChI is InChI=1S/C53H86O22/c1-23(55)30-12-15-53(63)51(30,7)37(58)21-36-50(6)13-11-29(16-28(50)10-14-52(36,53)62)70-40-19-33(64-8)47(26(4)68-40)74-39-18-32(57)45(24(2)67-39)72-38-17-31(56)46(25(3)66-38)73-41-20-34(65-9)48(27(5)69-41)75-49-44(61)43(60)42(59)35(22-54)71-49/h10,24-27,29-49,54,56-63H,11-22H2,1-9H3/t24-,25-,26-,27-,29-,30-,31-,32-,33-,34-,35+,36-,37-,38+,39+,40+,41+,42+,43-,44+,45-,46-,47-,48-,49-,50+,51+,52-,53+/m1/s1. The molecule has 0 spiro atoms. The first-order chi connectivity index (χ1) is 35.4. The normalized spacial score (nSPS) is 54.3. The van der Waals surface area contributed by atoms with Gasteiger partial charge in [0.1, 0.15) is 65.8 Å². The van der Waals surface area contributed by atoms with Gasteiger partial charge in [-0.2, -0.15) is 0 Å². The molecule has 8 fully saturated rings. The first-order valence-corrected chi connectivity index (χ1v) is 27.3. The highest BCUT2D eigenvalue weighted by Gasteiger charge is 2.76. The van der Waals surface area contributed by atoms with Gasteiger partial charge >= 0.3 is 0 Å². The van der Waals surface area contributed by atoms with Crippen molar-refractivity contribution in [2.24, 2.45) is 22.7 Å². The number of carbonyl (C=O) groups excluding carboxylic acids is 1. The van der Waals surface area contributed by atoms with Crippen molar-refractivity contribution >= 4 is 5.78 Å². The van der Waals surface area contributed by atoms with Crippen LogP contribution in [0.4, 0.5) is 0 Å². The number of hydrogen-bond donors (Lipinski definition) is 9. The van der Waals surface area contributed by atoms with Crippen LogP contribution in [-0.2, 0) is 61.6 Å². The second-order valence-electron chi connectivity index (χ2n) is 23.7. The Morgan fingerprint density at radius 1 is 0.640 bits per heavy atom. The molecule has 4 aliphatic carbocycles. The van der Waals surface area contributed by atoms with Crippen LogP contribution in [0.1, 0.15) is 119 Å². The quantitative estimate of drug-likeness (QED) is 0.106. The Balaban J connectivity index is 0.737. The minimum atomic E-state index is -1.62. The molecule has 9 N–H and O–H groups in total. The van der Waals surface area contributed by atoms with Gasteiger partial charge in [0.25, 0.3) is 0 Å². The molecular formula is C53H86O22. The van der Waals surface area contributed by atoms with Gasteiger partial charge in [-0.15, -0.1) is 0 Å². The average Bonchev–Trinajstić information content (AvgIpc) is 3.67. The summed E-state index contributed by atoms with van der Waals surface area (Å²) in [6.07, 6.45) is -14.5. The van der Waals surface area contributed by atoms with Crippen molar-refractivity contribution in [3.8, 4) is 0 Å². The summed E-state index contributed by atoms with van der Waals surface area (Å²) in [4.78, 5) is 12.7. The molecular weight excluding hydrogens is 989 g/mol. The molecule has 0 aromatic carbocycles. The maximum absolute atomic E-state index is 12.7. The minimum Gasteiger partial charge on any atom is -0.394 e. The minimum absolute atomic E-state index is 0.0125. The molecule has 0 aromatic heterocycles. The molecule has 22 nitrogen and oxygen atoms in total. The second kappa shape index (κ2) is 22.5. The van der Waals surface area contributed by atoms with Crippen molar-refractivity contribution in [2.45, 2.75) is 272 Å². The van der Waals surface area contributed by atoms with Crippen LogP contribution in [0.25, 0.3) is 0 Å². The maximum Gasteiger partial charge on any atom is 0.187 e. The Morgan fingerprint density at radius 2 is 1.15 bits per heavy atom. The van der Waals surface area contributed by atoms with Crippen LogP contribution < -0.4 is 0 Å². The van der Waals surface area contributed by atoms with E-state index in [2.05, 4.69) is 13.0 Å². The summed E-state index contributed by atoms with van der Waals surface area (Å²) < 4.78 is 74.0. The van der Waals surface area contributed by atoms with Crippen LogP contribution in [0.2, 0.25) is 0 Å². The molecule has 5 heterocycles. The topological polar surface area (TPSA) is 310 Å². The van der Waals surface area contributed by atoms with Gasteiger partial charge < -0.3 is 103 Å². The highest BCUT2D eigenvalue weighted by molar-refractivity contribution is 5.80. The largest absolute Gasteiger partial charge is 0.394 e. The van der Waals surface area contributed by atoms with Gasteiger partial charge in [-0.3, -0.25) is 4.79 Å². The molecule has 3 saturated carbocycles. The number of fused-ring (bicyclic) bond motifs is 5. The van der Waals surface area contributed by atoms with E-state index in [0.717, 1.165) is 5.57 Å². The SMILES string of the molecule is CO[C@@H]1C[C@H](O[C@@H]2CC[C@@]3(C)C(=CC[C@@]4(O)[C@@H]3C[C@@H](O)[C@]3(C)[C@@H](C(C)=O)CC[C@]34O)C2)O[C@H](C)[C@H]1O[C@H]1C[C@@H](O)[C@H](O[C@H]2C[C@@H](O)[C@H](O[C@H]3C[C@@H](OC)[C@H](O[C@H]4O[C@@H](CO)[C@H](O)[C@@H](O)[C@@H]4O)[C@@H](C)O3)[C@@H](C)O2)[C@@H](C)O1. The van der Waals surface area contributed by atoms with Crippen molar-refractivity contribution in [2.75, 3.05) is 20.8 Å². The first-order valence-electron chi connectivity index (χ1n) is 27.3. The summed E-state index contributed by atoms with van der Waals surface area (Å²) in [7, 11) is 3.08. The van der Waals surface area contributed by atoms with E-state index in [4.69, 9.17) is 56.8 Å². The Kier molecular flexibility index (Phi) is 17.5. The molecule has 5 saturated heterocycles. The lowest BCUT2D eigenvalue weighted by Gasteiger charge is -2.66.